The van der Waals surface area contributed by atoms with Crippen LogP contribution in [0.3, 0.4) is 0 Å². The Hall–Kier alpha value is -1.42. The Morgan fingerprint density at radius 2 is 1.21 bits per heavy atom. The first-order valence-corrected chi connectivity index (χ1v) is 8.47. The Bertz CT molecular complexity index is 655. The zero-order valence-electron chi connectivity index (χ0n) is 14.4. The summed E-state index contributed by atoms with van der Waals surface area (Å²) in [5.74, 6) is -29.4. The minimum Gasteiger partial charge on any atom is -0.310 e. The average molecular weight is 475 g/mol. The molecule has 0 bridgehead atoms. The number of hydrogen-bond donors (Lipinski definition) is 2. The van der Waals surface area contributed by atoms with E-state index in [0.717, 1.165) is 13.1 Å². The van der Waals surface area contributed by atoms with Crippen LogP contribution in [0.1, 0.15) is 6.92 Å². The first-order chi connectivity index (χ1) is 12.6. The molecule has 2 N–H and O–H groups in total. The lowest BCUT2D eigenvalue weighted by atomic mass is 9.96. The van der Waals surface area contributed by atoms with Gasteiger partial charge in [-0.15, -0.1) is 13.2 Å². The van der Waals surface area contributed by atoms with E-state index in [4.69, 9.17) is 4.55 Å². The van der Waals surface area contributed by atoms with Gasteiger partial charge in [0, 0.05) is 13.1 Å². The molecule has 0 rings (SSSR count). The highest BCUT2D eigenvalue weighted by atomic mass is 32.2. The predicted molar refractivity (Wildman–Crippen MR) is 80.1 cm³/mol. The van der Waals surface area contributed by atoms with Crippen molar-refractivity contribution in [2.45, 2.75) is 42.0 Å². The summed E-state index contributed by atoms with van der Waals surface area (Å²) in [7, 11) is -7.40. The highest BCUT2D eigenvalue weighted by Crippen LogP contribution is 2.58. The van der Waals surface area contributed by atoms with E-state index in [1.54, 1.807) is 0 Å². The quantitative estimate of drug-likeness (QED) is 0.214. The second-order valence-electron chi connectivity index (χ2n) is 5.19. The highest BCUT2D eigenvalue weighted by molar-refractivity contribution is 7.87. The van der Waals surface area contributed by atoms with Crippen LogP contribution in [-0.4, -0.2) is 61.2 Å². The summed E-state index contributed by atoms with van der Waals surface area (Å²) in [6, 6.07) is 0. The van der Waals surface area contributed by atoms with Gasteiger partial charge in [-0.25, -0.2) is 4.39 Å². The molecule has 0 amide bonds. The fourth-order valence-electron chi connectivity index (χ4n) is 1.29. The predicted octanol–water partition coefficient (Wildman–Crippen LogP) is 4.31. The van der Waals surface area contributed by atoms with E-state index in [1.165, 1.54) is 0 Å². The van der Waals surface area contributed by atoms with Crippen molar-refractivity contribution >= 4 is 10.1 Å². The van der Waals surface area contributed by atoms with Crippen molar-refractivity contribution in [2.75, 3.05) is 13.1 Å². The Kier molecular flexibility index (Phi) is 9.85. The van der Waals surface area contributed by atoms with Crippen LogP contribution in [0, 0.1) is 0 Å². The summed E-state index contributed by atoms with van der Waals surface area (Å²) in [6.45, 7) is 8.35. The Labute approximate surface area is 158 Å². The first kappa shape index (κ1) is 29.8. The van der Waals surface area contributed by atoms with Crippen molar-refractivity contribution in [1.82, 2.24) is 5.32 Å². The first-order valence-electron chi connectivity index (χ1n) is 7.03. The van der Waals surface area contributed by atoms with Gasteiger partial charge in [0.05, 0.1) is 0 Å². The van der Waals surface area contributed by atoms with Crippen LogP contribution in [0.5, 0.6) is 0 Å². The van der Waals surface area contributed by atoms with Crippen LogP contribution in [0.4, 0.5) is 48.3 Å². The molecule has 0 aliphatic rings. The number of nitrogens with one attached hydrogen (secondary N) is 1. The average Bonchev–Trinajstić information content (AvgIpc) is 2.54. The molecular formula is C13H16F11NO3S. The SMILES string of the molecule is C=CCNCC=C.CC(F)C(F)(F)C(F)(F)C(F)(F)C(F)(F)C(F)(F)S(=O)(=O)O. The Morgan fingerprint density at radius 1 is 0.862 bits per heavy atom. The molecule has 0 aliphatic carbocycles. The molecular weight excluding hydrogens is 459 g/mol. The number of hydrogen-bond acceptors (Lipinski definition) is 3. The van der Waals surface area contributed by atoms with Crippen LogP contribution < -0.4 is 5.32 Å². The molecule has 0 radical (unpaired) electrons. The molecule has 29 heavy (non-hydrogen) atoms. The maximum atomic E-state index is 12.9. The zero-order chi connectivity index (χ0) is 24.1. The second-order valence-corrected chi connectivity index (χ2v) is 6.65. The molecule has 16 heteroatoms. The van der Waals surface area contributed by atoms with Gasteiger partial charge < -0.3 is 5.32 Å². The second kappa shape index (κ2) is 9.59. The van der Waals surface area contributed by atoms with E-state index in [2.05, 4.69) is 18.5 Å². The van der Waals surface area contributed by atoms with Crippen LogP contribution >= 0.6 is 0 Å². The summed E-state index contributed by atoms with van der Waals surface area (Å²) in [6.07, 6.45) is -0.545. The van der Waals surface area contributed by atoms with Crippen molar-refractivity contribution in [3.8, 4) is 0 Å². The van der Waals surface area contributed by atoms with E-state index in [1.807, 2.05) is 12.2 Å². The largest absolute Gasteiger partial charge is 0.438 e. The third-order valence-electron chi connectivity index (χ3n) is 2.97. The molecule has 4 nitrogen and oxygen atoms in total. The molecule has 0 aromatic heterocycles. The standard InChI is InChI=1S/C7H5F11O3S.C6H11N/c1-2(8)3(9,10)4(11,12)5(13,14)6(15,16)7(17,18)22(19,20)21;1-3-5-7-6-4-2/h2H,1H3,(H,19,20,21);3-4,7H,1-2,5-6H2. The van der Waals surface area contributed by atoms with Crippen LogP contribution in [0.25, 0.3) is 0 Å². The monoisotopic (exact) mass is 475 g/mol. The van der Waals surface area contributed by atoms with Gasteiger partial charge in [-0.3, -0.25) is 4.55 Å². The van der Waals surface area contributed by atoms with Crippen LogP contribution in [0.15, 0.2) is 25.3 Å². The van der Waals surface area contributed by atoms with Gasteiger partial charge in [0.1, 0.15) is 0 Å². The van der Waals surface area contributed by atoms with Gasteiger partial charge in [-0.2, -0.15) is 52.3 Å². The molecule has 0 fully saturated rings. The summed E-state index contributed by atoms with van der Waals surface area (Å²) >= 11 is 0. The molecule has 1 atom stereocenters. The minimum atomic E-state index is -7.75. The van der Waals surface area contributed by atoms with Gasteiger partial charge in [0.2, 0.25) is 0 Å². The van der Waals surface area contributed by atoms with E-state index in [0.29, 0.717) is 0 Å². The topological polar surface area (TPSA) is 66.4 Å². The van der Waals surface area contributed by atoms with E-state index in [9.17, 15) is 56.7 Å². The highest BCUT2D eigenvalue weighted by Gasteiger charge is 2.89. The zero-order valence-corrected chi connectivity index (χ0v) is 15.2. The summed E-state index contributed by atoms with van der Waals surface area (Å²) in [5.41, 5.74) is 0. The number of rotatable bonds is 10. The van der Waals surface area contributed by atoms with Crippen LogP contribution in [-0.2, 0) is 10.1 Å². The van der Waals surface area contributed by atoms with Crippen molar-refractivity contribution in [2.24, 2.45) is 0 Å². The summed E-state index contributed by atoms with van der Waals surface area (Å²) in [5, 5.41) is -4.21. The van der Waals surface area contributed by atoms with Gasteiger partial charge in [-0.05, 0) is 6.92 Å². The van der Waals surface area contributed by atoms with E-state index < -0.39 is 52.2 Å². The minimum absolute atomic E-state index is 0.455. The van der Waals surface area contributed by atoms with Crippen molar-refractivity contribution in [1.29, 1.82) is 0 Å². The summed E-state index contributed by atoms with van der Waals surface area (Å²) in [4.78, 5) is 0. The third-order valence-corrected chi connectivity index (χ3v) is 3.88. The molecule has 174 valence electrons. The third kappa shape index (κ3) is 5.59. The lowest BCUT2D eigenvalue weighted by Gasteiger charge is -2.38. The van der Waals surface area contributed by atoms with Crippen molar-refractivity contribution < 1.29 is 61.3 Å². The van der Waals surface area contributed by atoms with Gasteiger partial charge in [0.15, 0.2) is 6.17 Å². The fourth-order valence-corrected chi connectivity index (χ4v) is 1.74. The van der Waals surface area contributed by atoms with Crippen molar-refractivity contribution in [3.63, 3.8) is 0 Å². The Morgan fingerprint density at radius 3 is 1.45 bits per heavy atom. The molecule has 0 saturated carbocycles. The van der Waals surface area contributed by atoms with Gasteiger partial charge >= 0.3 is 39.1 Å². The molecule has 0 saturated heterocycles. The van der Waals surface area contributed by atoms with Crippen LogP contribution in [0.2, 0.25) is 0 Å². The molecule has 0 aliphatic heterocycles. The normalized spacial score (nSPS) is 15.2. The number of alkyl halides is 11. The maximum Gasteiger partial charge on any atom is 0.438 e. The lowest BCUT2D eigenvalue weighted by Crippen LogP contribution is -2.69. The Balaban J connectivity index is 0. The van der Waals surface area contributed by atoms with Crippen molar-refractivity contribution in [3.05, 3.63) is 25.3 Å². The van der Waals surface area contributed by atoms with E-state index in [-0.39, 0.29) is 0 Å². The fraction of sp³-hybridized carbons (Fsp3) is 0.692. The van der Waals surface area contributed by atoms with Gasteiger partial charge in [0.25, 0.3) is 0 Å². The maximum absolute atomic E-state index is 12.9. The molecule has 0 aromatic carbocycles. The van der Waals surface area contributed by atoms with Gasteiger partial charge in [-0.1, -0.05) is 12.2 Å². The molecule has 1 unspecified atom stereocenters. The lowest BCUT2D eigenvalue weighted by molar-refractivity contribution is -0.396. The number of halogens is 11. The smallest absolute Gasteiger partial charge is 0.310 e. The molecule has 0 aromatic rings. The van der Waals surface area contributed by atoms with E-state index >= 15 is 0 Å². The summed E-state index contributed by atoms with van der Waals surface area (Å²) < 4.78 is 167. The molecule has 0 heterocycles. The molecule has 0 spiro atoms.